The van der Waals surface area contributed by atoms with Crippen molar-refractivity contribution in [2.45, 2.75) is 317 Å². The molecule has 0 N–H and O–H groups in total. The molecular formula is C59H117N3O. The summed E-state index contributed by atoms with van der Waals surface area (Å²) in [5.41, 5.74) is 1.43. The van der Waals surface area contributed by atoms with Gasteiger partial charge in [-0.15, -0.1) is 0 Å². The molecule has 1 aliphatic rings. The van der Waals surface area contributed by atoms with Crippen LogP contribution in [0, 0.1) is 5.92 Å². The van der Waals surface area contributed by atoms with E-state index in [1.165, 1.54) is 295 Å². The molecule has 4 nitrogen and oxygen atoms in total. The summed E-state index contributed by atoms with van der Waals surface area (Å²) < 4.78 is 0. The second-order valence-electron chi connectivity index (χ2n) is 21.1. The average molecular weight is 885 g/mol. The molecule has 1 fully saturated rings. The standard InChI is InChI=1S/C59H117N3O/c1-7-11-15-19-22-24-32-38-50-60(57(6)44-36-28-23-20-16-12-8-2)51-39-33-25-26-34-40-52-61(58-48-46-56(5)47-49-58)53-41-35-27-29-37-45-59(63)62(54-42-30-18-14-10-4)55-43-31-21-17-13-9-3/h56,58H,6-55H2,1-5H3. The Labute approximate surface area is 398 Å². The van der Waals surface area contributed by atoms with E-state index in [1.54, 1.807) is 0 Å². The molecule has 0 bridgehead atoms. The van der Waals surface area contributed by atoms with Crippen LogP contribution in [0.2, 0.25) is 0 Å². The van der Waals surface area contributed by atoms with Gasteiger partial charge in [-0.05, 0) is 102 Å². The first-order valence-electron chi connectivity index (χ1n) is 29.4. The minimum Gasteiger partial charge on any atom is -0.375 e. The molecule has 63 heavy (non-hydrogen) atoms. The van der Waals surface area contributed by atoms with Crippen molar-refractivity contribution in [1.82, 2.24) is 14.7 Å². The first-order chi connectivity index (χ1) is 31.0. The molecule has 0 atom stereocenters. The number of amides is 1. The number of rotatable bonds is 49. The van der Waals surface area contributed by atoms with Crippen molar-refractivity contribution >= 4 is 5.91 Å². The van der Waals surface area contributed by atoms with Crippen molar-refractivity contribution in [1.29, 1.82) is 0 Å². The van der Waals surface area contributed by atoms with E-state index >= 15 is 0 Å². The van der Waals surface area contributed by atoms with Crippen LogP contribution in [0.3, 0.4) is 0 Å². The predicted molar refractivity (Wildman–Crippen MR) is 283 cm³/mol. The van der Waals surface area contributed by atoms with E-state index in [9.17, 15) is 4.79 Å². The van der Waals surface area contributed by atoms with Gasteiger partial charge in [0.25, 0.3) is 0 Å². The summed E-state index contributed by atoms with van der Waals surface area (Å²) >= 11 is 0. The summed E-state index contributed by atoms with van der Waals surface area (Å²) in [5.74, 6) is 1.36. The third-order valence-corrected chi connectivity index (χ3v) is 14.9. The van der Waals surface area contributed by atoms with E-state index in [1.807, 2.05) is 0 Å². The van der Waals surface area contributed by atoms with E-state index in [4.69, 9.17) is 0 Å². The van der Waals surface area contributed by atoms with Gasteiger partial charge in [0, 0.05) is 44.3 Å². The van der Waals surface area contributed by atoms with Crippen molar-refractivity contribution in [3.8, 4) is 0 Å². The summed E-state index contributed by atoms with van der Waals surface area (Å²) in [6, 6.07) is 0.819. The highest BCUT2D eigenvalue weighted by Crippen LogP contribution is 2.28. The number of nitrogens with zero attached hydrogens (tertiary/aromatic N) is 3. The molecule has 4 heteroatoms. The predicted octanol–water partition coefficient (Wildman–Crippen LogP) is 18.8. The molecule has 0 aromatic heterocycles. The summed E-state index contributed by atoms with van der Waals surface area (Å²) in [7, 11) is 0. The average Bonchev–Trinajstić information content (AvgIpc) is 3.29. The lowest BCUT2D eigenvalue weighted by molar-refractivity contribution is -0.131. The van der Waals surface area contributed by atoms with Crippen molar-refractivity contribution in [3.05, 3.63) is 12.3 Å². The van der Waals surface area contributed by atoms with Gasteiger partial charge >= 0.3 is 0 Å². The Morgan fingerprint density at radius 1 is 0.365 bits per heavy atom. The van der Waals surface area contributed by atoms with Gasteiger partial charge in [-0.1, -0.05) is 227 Å². The molecule has 374 valence electrons. The van der Waals surface area contributed by atoms with Crippen LogP contribution in [-0.4, -0.2) is 65.9 Å². The quantitative estimate of drug-likeness (QED) is 0.0570. The SMILES string of the molecule is C=C(CCCCCCCCC)N(CCCCCCCCCC)CCCCCCCCN(CCCCCCCC(=O)N(CCCCCCC)CCCCCCCC)C1CCC(C)CC1. The Morgan fingerprint density at radius 2 is 0.651 bits per heavy atom. The van der Waals surface area contributed by atoms with Crippen molar-refractivity contribution in [2.24, 2.45) is 5.92 Å². The fraction of sp³-hybridized carbons (Fsp3) is 0.949. The zero-order valence-electron chi connectivity index (χ0n) is 44.3. The number of unbranched alkanes of at least 4 members (excludes halogenated alkanes) is 31. The number of allylic oxidation sites excluding steroid dienone is 1. The minimum absolute atomic E-state index is 0.438. The van der Waals surface area contributed by atoms with Gasteiger partial charge in [-0.25, -0.2) is 0 Å². The third kappa shape index (κ3) is 36.7. The molecule has 1 amide bonds. The van der Waals surface area contributed by atoms with Gasteiger partial charge in [-0.3, -0.25) is 4.79 Å². The smallest absolute Gasteiger partial charge is 0.222 e. The molecule has 0 unspecified atom stereocenters. The molecule has 1 rings (SSSR count). The molecule has 0 aliphatic heterocycles. The fourth-order valence-corrected chi connectivity index (χ4v) is 10.3. The Hall–Kier alpha value is -1.03. The lowest BCUT2D eigenvalue weighted by Gasteiger charge is -2.36. The number of hydrogen-bond donors (Lipinski definition) is 0. The van der Waals surface area contributed by atoms with E-state index in [0.717, 1.165) is 37.9 Å². The highest BCUT2D eigenvalue weighted by atomic mass is 16.2. The molecule has 0 spiro atoms. The van der Waals surface area contributed by atoms with Crippen LogP contribution < -0.4 is 0 Å². The molecular weight excluding hydrogens is 767 g/mol. The van der Waals surface area contributed by atoms with Crippen LogP contribution >= 0.6 is 0 Å². The topological polar surface area (TPSA) is 26.8 Å². The summed E-state index contributed by atoms with van der Waals surface area (Å²) in [6.45, 7) is 23.4. The van der Waals surface area contributed by atoms with Crippen molar-refractivity contribution in [3.63, 3.8) is 0 Å². The second-order valence-corrected chi connectivity index (χ2v) is 21.1. The summed E-state index contributed by atoms with van der Waals surface area (Å²) in [4.78, 5) is 21.2. The Balaban J connectivity index is 2.41. The van der Waals surface area contributed by atoms with Gasteiger partial charge in [0.1, 0.15) is 0 Å². The zero-order valence-corrected chi connectivity index (χ0v) is 44.3. The Kier molecular flexibility index (Phi) is 43.9. The maximum atomic E-state index is 13.3. The van der Waals surface area contributed by atoms with Crippen LogP contribution in [0.25, 0.3) is 0 Å². The highest BCUT2D eigenvalue weighted by Gasteiger charge is 2.23. The number of hydrogen-bond acceptors (Lipinski definition) is 3. The molecule has 0 aromatic rings. The molecule has 1 aliphatic carbocycles. The first-order valence-corrected chi connectivity index (χ1v) is 29.4. The lowest BCUT2D eigenvalue weighted by Crippen LogP contribution is -2.39. The van der Waals surface area contributed by atoms with E-state index in [2.05, 4.69) is 55.9 Å². The third-order valence-electron chi connectivity index (χ3n) is 14.9. The Bertz CT molecular complexity index is 958. The van der Waals surface area contributed by atoms with Crippen LogP contribution in [0.1, 0.15) is 311 Å². The van der Waals surface area contributed by atoms with Crippen molar-refractivity contribution in [2.75, 3.05) is 39.3 Å². The maximum absolute atomic E-state index is 13.3. The molecule has 1 saturated carbocycles. The van der Waals surface area contributed by atoms with E-state index < -0.39 is 0 Å². The number of carbonyl (C=O) groups is 1. The minimum atomic E-state index is 0.438. The zero-order chi connectivity index (χ0) is 45.7. The van der Waals surface area contributed by atoms with Gasteiger partial charge in [-0.2, -0.15) is 0 Å². The molecule has 0 aromatic carbocycles. The van der Waals surface area contributed by atoms with E-state index in [-0.39, 0.29) is 0 Å². The summed E-state index contributed by atoms with van der Waals surface area (Å²) in [6.07, 6.45) is 57.3. The fourth-order valence-electron chi connectivity index (χ4n) is 10.3. The van der Waals surface area contributed by atoms with Gasteiger partial charge in [0.2, 0.25) is 5.91 Å². The summed E-state index contributed by atoms with van der Waals surface area (Å²) in [5, 5.41) is 0. The largest absolute Gasteiger partial charge is 0.375 e. The lowest BCUT2D eigenvalue weighted by atomic mass is 9.86. The highest BCUT2D eigenvalue weighted by molar-refractivity contribution is 5.76. The monoisotopic (exact) mass is 884 g/mol. The number of carbonyl (C=O) groups excluding carboxylic acids is 1. The van der Waals surface area contributed by atoms with Gasteiger partial charge < -0.3 is 14.7 Å². The van der Waals surface area contributed by atoms with Crippen LogP contribution in [0.15, 0.2) is 12.3 Å². The van der Waals surface area contributed by atoms with Crippen LogP contribution in [0.4, 0.5) is 0 Å². The second kappa shape index (κ2) is 46.1. The van der Waals surface area contributed by atoms with E-state index in [0.29, 0.717) is 5.91 Å². The van der Waals surface area contributed by atoms with Crippen LogP contribution in [-0.2, 0) is 4.79 Å². The first kappa shape index (κ1) is 60.0. The van der Waals surface area contributed by atoms with Crippen molar-refractivity contribution < 1.29 is 4.79 Å². The maximum Gasteiger partial charge on any atom is 0.222 e. The Morgan fingerprint density at radius 3 is 1.02 bits per heavy atom. The normalized spacial score (nSPS) is 15.4. The van der Waals surface area contributed by atoms with Gasteiger partial charge in [0.15, 0.2) is 0 Å². The van der Waals surface area contributed by atoms with Gasteiger partial charge in [0.05, 0.1) is 0 Å². The molecule has 0 heterocycles. The molecule has 0 radical (unpaired) electrons. The van der Waals surface area contributed by atoms with Crippen LogP contribution in [0.5, 0.6) is 0 Å². The molecule has 0 saturated heterocycles.